The van der Waals surface area contributed by atoms with Gasteiger partial charge in [0.15, 0.2) is 0 Å². The molecule has 0 aromatic heterocycles. The molecule has 1 aliphatic rings. The molecule has 2 aromatic carbocycles. The first kappa shape index (κ1) is 28.2. The zero-order valence-electron chi connectivity index (χ0n) is 19.5. The monoisotopic (exact) mass is 514 g/mol. The van der Waals surface area contributed by atoms with Crippen molar-refractivity contribution in [1.82, 2.24) is 5.32 Å². The Hall–Kier alpha value is -3.08. The van der Waals surface area contributed by atoms with Crippen molar-refractivity contribution in [2.24, 2.45) is 0 Å². The molecule has 0 heterocycles. The van der Waals surface area contributed by atoms with E-state index in [1.54, 1.807) is 24.3 Å². The van der Waals surface area contributed by atoms with Gasteiger partial charge in [-0.2, -0.15) is 13.2 Å². The maximum atomic E-state index is 12.6. The van der Waals surface area contributed by atoms with E-state index < -0.39 is 27.6 Å². The van der Waals surface area contributed by atoms with Gasteiger partial charge in [0.25, 0.3) is 10.0 Å². The van der Waals surface area contributed by atoms with Gasteiger partial charge in [0.1, 0.15) is 0 Å². The predicted octanol–water partition coefficient (Wildman–Crippen LogP) is 4.63. The zero-order chi connectivity index (χ0) is 26.3. The first-order valence-corrected chi connectivity index (χ1v) is 12.6. The Morgan fingerprint density at radius 1 is 0.971 bits per heavy atom. The lowest BCUT2D eigenvalue weighted by atomic mass is 9.95. The smallest absolute Gasteiger partial charge is 0.475 e. The zero-order valence-corrected chi connectivity index (χ0v) is 20.3. The van der Waals surface area contributed by atoms with Crippen LogP contribution in [0.4, 0.5) is 18.9 Å². The Bertz CT molecular complexity index is 1110. The number of rotatable bonds is 9. The van der Waals surface area contributed by atoms with Crippen LogP contribution < -0.4 is 10.0 Å². The van der Waals surface area contributed by atoms with Crippen molar-refractivity contribution >= 4 is 27.6 Å². The Morgan fingerprint density at radius 2 is 1.51 bits per heavy atom. The fraction of sp³-hybridized carbons (Fsp3) is 0.417. The van der Waals surface area contributed by atoms with Crippen molar-refractivity contribution in [2.45, 2.75) is 62.4 Å². The van der Waals surface area contributed by atoms with Gasteiger partial charge in [-0.15, -0.1) is 0 Å². The summed E-state index contributed by atoms with van der Waals surface area (Å²) in [6.07, 6.45) is -0.561. The molecule has 0 atom stereocenters. The number of carbonyl (C=O) groups excluding carboxylic acids is 1. The van der Waals surface area contributed by atoms with Crippen LogP contribution in [0.5, 0.6) is 0 Å². The maximum absolute atomic E-state index is 12.6. The Kier molecular flexibility index (Phi) is 9.31. The van der Waals surface area contributed by atoms with Crippen LogP contribution in [-0.2, 0) is 31.4 Å². The molecule has 3 rings (SSSR count). The van der Waals surface area contributed by atoms with E-state index in [0.717, 1.165) is 43.2 Å². The van der Waals surface area contributed by atoms with Crippen LogP contribution in [-0.4, -0.2) is 38.1 Å². The van der Waals surface area contributed by atoms with Gasteiger partial charge in [0.2, 0.25) is 5.91 Å². The number of carbonyl (C=O) groups is 2. The summed E-state index contributed by atoms with van der Waals surface area (Å²) < 4.78 is 59.6. The first-order chi connectivity index (χ1) is 16.4. The van der Waals surface area contributed by atoms with Crippen LogP contribution in [0.3, 0.4) is 0 Å². The molecular formula is C24H29F3N2O5S. The van der Waals surface area contributed by atoms with E-state index in [1.807, 2.05) is 31.2 Å². The molecule has 0 radical (unpaired) electrons. The summed E-state index contributed by atoms with van der Waals surface area (Å²) in [6.45, 7) is 4.79. The van der Waals surface area contributed by atoms with E-state index in [0.29, 0.717) is 12.2 Å². The molecule has 192 valence electrons. The summed E-state index contributed by atoms with van der Waals surface area (Å²) in [4.78, 5) is 21.6. The second kappa shape index (κ2) is 11.6. The number of hydrogen-bond donors (Lipinski definition) is 3. The highest BCUT2D eigenvalue weighted by molar-refractivity contribution is 7.92. The third-order valence-electron chi connectivity index (χ3n) is 5.42. The minimum absolute atomic E-state index is 0.0647. The average molecular weight is 515 g/mol. The van der Waals surface area contributed by atoms with E-state index in [-0.39, 0.29) is 10.8 Å². The van der Waals surface area contributed by atoms with Crippen LogP contribution >= 0.6 is 0 Å². The van der Waals surface area contributed by atoms with Gasteiger partial charge in [-0.25, -0.2) is 13.2 Å². The van der Waals surface area contributed by atoms with Gasteiger partial charge >= 0.3 is 12.1 Å². The number of hydrogen-bond acceptors (Lipinski definition) is 4. The number of aryl methyl sites for hydroxylation is 1. The largest absolute Gasteiger partial charge is 0.490 e. The van der Waals surface area contributed by atoms with E-state index in [4.69, 9.17) is 9.90 Å². The van der Waals surface area contributed by atoms with Crippen molar-refractivity contribution in [2.75, 3.05) is 11.3 Å². The standard InChI is InChI=1S/C22H28N2O3S.C2HF3O2/c1-3-5-17-6-12-20(13-7-17)28(26,27)24-19-10-8-18(9-11-19)22(14-15-22)21(25)23-16-4-2;3-2(4,5)1(6)7/h6-13,24H,3-5,14-16H2,1-2H3,(H,23,25);(H,6,7). The topological polar surface area (TPSA) is 113 Å². The third-order valence-corrected chi connectivity index (χ3v) is 6.82. The van der Waals surface area contributed by atoms with Gasteiger partial charge < -0.3 is 10.4 Å². The molecule has 1 saturated carbocycles. The maximum Gasteiger partial charge on any atom is 0.490 e. The number of sulfonamides is 1. The van der Waals surface area contributed by atoms with Gasteiger partial charge in [-0.05, 0) is 61.1 Å². The second-order valence-electron chi connectivity index (χ2n) is 8.22. The molecule has 0 bridgehead atoms. The SMILES string of the molecule is CCCNC(=O)C1(c2ccc(NS(=O)(=O)c3ccc(CCC)cc3)cc2)CC1.O=C(O)C(F)(F)F. The molecule has 1 aliphatic carbocycles. The molecule has 0 saturated heterocycles. The number of carboxylic acids is 1. The molecule has 3 N–H and O–H groups in total. The van der Waals surface area contributed by atoms with Crippen molar-refractivity contribution in [3.05, 3.63) is 59.7 Å². The molecule has 0 spiro atoms. The minimum Gasteiger partial charge on any atom is -0.475 e. The molecule has 0 aliphatic heterocycles. The second-order valence-corrected chi connectivity index (χ2v) is 9.90. The summed E-state index contributed by atoms with van der Waals surface area (Å²) in [7, 11) is -3.64. The fourth-order valence-corrected chi connectivity index (χ4v) is 4.43. The van der Waals surface area contributed by atoms with Gasteiger partial charge in [-0.1, -0.05) is 44.5 Å². The van der Waals surface area contributed by atoms with Crippen molar-refractivity contribution in [3.8, 4) is 0 Å². The molecule has 11 heteroatoms. The number of carboxylic acid groups (broad SMARTS) is 1. The molecule has 7 nitrogen and oxygen atoms in total. The van der Waals surface area contributed by atoms with E-state index >= 15 is 0 Å². The number of benzene rings is 2. The van der Waals surface area contributed by atoms with Crippen molar-refractivity contribution < 1.29 is 36.3 Å². The normalized spacial score (nSPS) is 14.3. The van der Waals surface area contributed by atoms with Crippen LogP contribution in [0, 0.1) is 0 Å². The molecule has 1 fully saturated rings. The Balaban J connectivity index is 0.000000540. The van der Waals surface area contributed by atoms with E-state index in [1.165, 1.54) is 0 Å². The van der Waals surface area contributed by atoms with E-state index in [2.05, 4.69) is 17.0 Å². The molecule has 2 aromatic rings. The highest BCUT2D eigenvalue weighted by Crippen LogP contribution is 2.48. The van der Waals surface area contributed by atoms with Gasteiger partial charge in [0.05, 0.1) is 10.3 Å². The summed E-state index contributed by atoms with van der Waals surface area (Å²) >= 11 is 0. The van der Waals surface area contributed by atoms with Crippen LogP contribution in [0.2, 0.25) is 0 Å². The molecule has 1 amide bonds. The van der Waals surface area contributed by atoms with Crippen LogP contribution in [0.15, 0.2) is 53.4 Å². The number of amides is 1. The number of alkyl halides is 3. The lowest BCUT2D eigenvalue weighted by Crippen LogP contribution is -2.35. The highest BCUT2D eigenvalue weighted by atomic mass is 32.2. The van der Waals surface area contributed by atoms with Crippen LogP contribution in [0.1, 0.15) is 50.7 Å². The lowest BCUT2D eigenvalue weighted by Gasteiger charge is -2.16. The highest BCUT2D eigenvalue weighted by Gasteiger charge is 2.51. The predicted molar refractivity (Wildman–Crippen MR) is 126 cm³/mol. The minimum atomic E-state index is -5.08. The lowest BCUT2D eigenvalue weighted by molar-refractivity contribution is -0.192. The number of halogens is 3. The Morgan fingerprint density at radius 3 is 1.94 bits per heavy atom. The van der Waals surface area contributed by atoms with Gasteiger partial charge in [-0.3, -0.25) is 9.52 Å². The molecular weight excluding hydrogens is 485 g/mol. The van der Waals surface area contributed by atoms with Crippen molar-refractivity contribution in [1.29, 1.82) is 0 Å². The molecule has 0 unspecified atom stereocenters. The summed E-state index contributed by atoms with van der Waals surface area (Å²) in [6, 6.07) is 14.1. The van der Waals surface area contributed by atoms with Crippen LogP contribution in [0.25, 0.3) is 0 Å². The summed E-state index contributed by atoms with van der Waals surface area (Å²) in [5, 5.41) is 10.1. The number of anilines is 1. The third kappa shape index (κ3) is 7.71. The van der Waals surface area contributed by atoms with Gasteiger partial charge in [0, 0.05) is 12.2 Å². The average Bonchev–Trinajstić information content (AvgIpc) is 3.60. The summed E-state index contributed by atoms with van der Waals surface area (Å²) in [5.74, 6) is -2.69. The van der Waals surface area contributed by atoms with Crippen molar-refractivity contribution in [3.63, 3.8) is 0 Å². The van der Waals surface area contributed by atoms with E-state index in [9.17, 15) is 26.4 Å². The summed E-state index contributed by atoms with van der Waals surface area (Å²) in [5.41, 5.74) is 2.11. The molecule has 35 heavy (non-hydrogen) atoms. The Labute approximate surface area is 202 Å². The first-order valence-electron chi connectivity index (χ1n) is 11.2. The number of nitrogens with one attached hydrogen (secondary N) is 2. The fourth-order valence-electron chi connectivity index (χ4n) is 3.37. The quantitative estimate of drug-likeness (QED) is 0.452. The number of aliphatic carboxylic acids is 1.